The molecule has 25 heavy (non-hydrogen) atoms. The monoisotopic (exact) mass is 404 g/mol. The average molecular weight is 405 g/mol. The summed E-state index contributed by atoms with van der Waals surface area (Å²) in [4.78, 5) is 31.0. The van der Waals surface area contributed by atoms with Gasteiger partial charge in [0.2, 0.25) is 0 Å². The van der Waals surface area contributed by atoms with Crippen LogP contribution < -0.4 is 4.90 Å². The van der Waals surface area contributed by atoms with Crippen LogP contribution in [0, 0.1) is 10.1 Å². The van der Waals surface area contributed by atoms with Gasteiger partial charge in [0.05, 0.1) is 4.92 Å². The van der Waals surface area contributed by atoms with E-state index in [1.54, 1.807) is 6.07 Å². The molecule has 2 heterocycles. The van der Waals surface area contributed by atoms with Crippen LogP contribution in [0.2, 0.25) is 0 Å². The van der Waals surface area contributed by atoms with E-state index in [1.165, 1.54) is 12.3 Å². The molecule has 130 valence electrons. The van der Waals surface area contributed by atoms with Crippen LogP contribution in [0.1, 0.15) is 16.8 Å². The lowest BCUT2D eigenvalue weighted by molar-refractivity contribution is -0.385. The topological polar surface area (TPSA) is 79.6 Å². The van der Waals surface area contributed by atoms with Gasteiger partial charge < -0.3 is 9.80 Å². The van der Waals surface area contributed by atoms with Crippen LogP contribution in [0.5, 0.6) is 0 Å². The van der Waals surface area contributed by atoms with Gasteiger partial charge in [-0.15, -0.1) is 0 Å². The van der Waals surface area contributed by atoms with E-state index in [9.17, 15) is 14.9 Å². The molecule has 0 aliphatic carbocycles. The number of nitro groups is 1. The smallest absolute Gasteiger partial charge is 0.287 e. The summed E-state index contributed by atoms with van der Waals surface area (Å²) in [6.45, 7) is 2.67. The van der Waals surface area contributed by atoms with Crippen molar-refractivity contribution in [2.24, 2.45) is 0 Å². The Morgan fingerprint density at radius 3 is 2.48 bits per heavy atom. The molecule has 3 rings (SSSR count). The van der Waals surface area contributed by atoms with E-state index in [4.69, 9.17) is 0 Å². The molecule has 8 heteroatoms. The third-order valence-corrected chi connectivity index (χ3v) is 4.67. The lowest BCUT2D eigenvalue weighted by Crippen LogP contribution is -2.35. The van der Waals surface area contributed by atoms with Gasteiger partial charge >= 0.3 is 0 Å². The van der Waals surface area contributed by atoms with Crippen molar-refractivity contribution in [3.8, 4) is 0 Å². The minimum absolute atomic E-state index is 0.0195. The second-order valence-corrected chi connectivity index (χ2v) is 6.69. The SMILES string of the molecule is O=C(c1ccc(Br)cc1)N1CCCN(c2ccc([N+](=O)[O-])cn2)CC1. The zero-order valence-electron chi connectivity index (χ0n) is 13.5. The molecule has 0 N–H and O–H groups in total. The Hall–Kier alpha value is -2.48. The Labute approximate surface area is 153 Å². The second-order valence-electron chi connectivity index (χ2n) is 5.77. The van der Waals surface area contributed by atoms with E-state index in [0.29, 0.717) is 31.0 Å². The molecule has 0 bridgehead atoms. The van der Waals surface area contributed by atoms with Gasteiger partial charge in [-0.05, 0) is 36.8 Å². The van der Waals surface area contributed by atoms with Crippen LogP contribution >= 0.6 is 15.9 Å². The quantitative estimate of drug-likeness (QED) is 0.579. The normalized spacial score (nSPS) is 14.9. The number of carbonyl (C=O) groups is 1. The summed E-state index contributed by atoms with van der Waals surface area (Å²) >= 11 is 3.37. The summed E-state index contributed by atoms with van der Waals surface area (Å²) in [5.74, 6) is 0.717. The third-order valence-electron chi connectivity index (χ3n) is 4.14. The lowest BCUT2D eigenvalue weighted by Gasteiger charge is -2.22. The fourth-order valence-corrected chi connectivity index (χ4v) is 3.06. The van der Waals surface area contributed by atoms with Gasteiger partial charge in [-0.1, -0.05) is 15.9 Å². The first-order valence-corrected chi connectivity index (χ1v) is 8.74. The summed E-state index contributed by atoms with van der Waals surface area (Å²) in [6.07, 6.45) is 2.09. The molecule has 1 saturated heterocycles. The highest BCUT2D eigenvalue weighted by molar-refractivity contribution is 9.10. The maximum atomic E-state index is 12.6. The van der Waals surface area contributed by atoms with Crippen LogP contribution in [0.3, 0.4) is 0 Å². The van der Waals surface area contributed by atoms with E-state index in [2.05, 4.69) is 25.8 Å². The number of anilines is 1. The number of hydrogen-bond acceptors (Lipinski definition) is 5. The standard InChI is InChI=1S/C17H17BrN4O3/c18-14-4-2-13(3-5-14)17(23)21-9-1-8-20(10-11-21)16-7-6-15(12-19-16)22(24)25/h2-7,12H,1,8-11H2. The molecular weight excluding hydrogens is 388 g/mol. The number of amides is 1. The van der Waals surface area contributed by atoms with Gasteiger partial charge in [-0.3, -0.25) is 14.9 Å². The lowest BCUT2D eigenvalue weighted by atomic mass is 10.2. The predicted octanol–water partition coefficient (Wildman–Crippen LogP) is 3.10. The van der Waals surface area contributed by atoms with Gasteiger partial charge in [-0.2, -0.15) is 0 Å². The minimum atomic E-state index is -0.460. The minimum Gasteiger partial charge on any atom is -0.355 e. The molecule has 2 aromatic rings. The number of nitrogens with zero attached hydrogens (tertiary/aromatic N) is 4. The van der Waals surface area contributed by atoms with Crippen molar-refractivity contribution < 1.29 is 9.72 Å². The van der Waals surface area contributed by atoms with Crippen LogP contribution in [-0.2, 0) is 0 Å². The van der Waals surface area contributed by atoms with E-state index < -0.39 is 4.92 Å². The third kappa shape index (κ3) is 4.14. The number of hydrogen-bond donors (Lipinski definition) is 0. The highest BCUT2D eigenvalue weighted by Crippen LogP contribution is 2.19. The van der Waals surface area contributed by atoms with Crippen molar-refractivity contribution in [3.05, 3.63) is 62.7 Å². The molecular formula is C17H17BrN4O3. The molecule has 7 nitrogen and oxygen atoms in total. The van der Waals surface area contributed by atoms with E-state index >= 15 is 0 Å². The van der Waals surface area contributed by atoms with Crippen LogP contribution in [0.25, 0.3) is 0 Å². The summed E-state index contributed by atoms with van der Waals surface area (Å²) in [6, 6.07) is 10.5. The second kappa shape index (κ2) is 7.60. The Balaban J connectivity index is 1.66. The maximum absolute atomic E-state index is 12.6. The van der Waals surface area contributed by atoms with Gasteiger partial charge in [0.15, 0.2) is 0 Å². The summed E-state index contributed by atoms with van der Waals surface area (Å²) < 4.78 is 0.940. The van der Waals surface area contributed by atoms with Crippen molar-refractivity contribution in [1.29, 1.82) is 0 Å². The largest absolute Gasteiger partial charge is 0.355 e. The van der Waals surface area contributed by atoms with E-state index in [-0.39, 0.29) is 11.6 Å². The number of carbonyl (C=O) groups excluding carboxylic acids is 1. The number of halogens is 1. The highest BCUT2D eigenvalue weighted by Gasteiger charge is 2.21. The van der Waals surface area contributed by atoms with Gasteiger partial charge in [0.25, 0.3) is 11.6 Å². The number of benzene rings is 1. The first-order valence-electron chi connectivity index (χ1n) is 7.95. The first-order chi connectivity index (χ1) is 12.0. The maximum Gasteiger partial charge on any atom is 0.287 e. The Morgan fingerprint density at radius 2 is 1.84 bits per heavy atom. The zero-order valence-corrected chi connectivity index (χ0v) is 15.1. The first kappa shape index (κ1) is 17.3. The Morgan fingerprint density at radius 1 is 1.08 bits per heavy atom. The molecule has 1 aromatic heterocycles. The molecule has 1 amide bonds. The molecule has 0 saturated carbocycles. The summed E-state index contributed by atoms with van der Waals surface area (Å²) in [5.41, 5.74) is 0.649. The van der Waals surface area contributed by atoms with Crippen molar-refractivity contribution in [3.63, 3.8) is 0 Å². The van der Waals surface area contributed by atoms with Crippen LogP contribution in [0.15, 0.2) is 47.1 Å². The number of rotatable bonds is 3. The molecule has 0 radical (unpaired) electrons. The van der Waals surface area contributed by atoms with Crippen molar-refractivity contribution >= 4 is 33.3 Å². The average Bonchev–Trinajstić information content (AvgIpc) is 2.88. The summed E-state index contributed by atoms with van der Waals surface area (Å²) in [5, 5.41) is 10.7. The van der Waals surface area contributed by atoms with Crippen LogP contribution in [-0.4, -0.2) is 46.9 Å². The van der Waals surface area contributed by atoms with Gasteiger partial charge in [0, 0.05) is 42.3 Å². The predicted molar refractivity (Wildman–Crippen MR) is 97.8 cm³/mol. The van der Waals surface area contributed by atoms with Gasteiger partial charge in [-0.25, -0.2) is 4.98 Å². The van der Waals surface area contributed by atoms with Gasteiger partial charge in [0.1, 0.15) is 12.0 Å². The van der Waals surface area contributed by atoms with Crippen molar-refractivity contribution in [1.82, 2.24) is 9.88 Å². The van der Waals surface area contributed by atoms with E-state index in [1.807, 2.05) is 29.2 Å². The van der Waals surface area contributed by atoms with Crippen molar-refractivity contribution in [2.45, 2.75) is 6.42 Å². The van der Waals surface area contributed by atoms with E-state index in [0.717, 1.165) is 17.4 Å². The molecule has 0 unspecified atom stereocenters. The fraction of sp³-hybridized carbons (Fsp3) is 0.294. The molecule has 0 spiro atoms. The fourth-order valence-electron chi connectivity index (χ4n) is 2.80. The van der Waals surface area contributed by atoms with Crippen LogP contribution in [0.4, 0.5) is 11.5 Å². The Kier molecular flexibility index (Phi) is 5.28. The molecule has 1 aliphatic rings. The molecule has 1 aliphatic heterocycles. The molecule has 0 atom stereocenters. The zero-order chi connectivity index (χ0) is 17.8. The number of aromatic nitrogens is 1. The summed E-state index contributed by atoms with van der Waals surface area (Å²) in [7, 11) is 0. The highest BCUT2D eigenvalue weighted by atomic mass is 79.9. The Bertz CT molecular complexity index is 764. The molecule has 1 aromatic carbocycles. The number of pyridine rings is 1. The van der Waals surface area contributed by atoms with Crippen molar-refractivity contribution in [2.75, 3.05) is 31.1 Å². The molecule has 1 fully saturated rings.